The summed E-state index contributed by atoms with van der Waals surface area (Å²) in [4.78, 5) is 95.8. The Morgan fingerprint density at radius 3 is 1.73 bits per heavy atom. The van der Waals surface area contributed by atoms with Crippen LogP contribution in [0.1, 0.15) is 111 Å². The lowest BCUT2D eigenvalue weighted by Crippen LogP contribution is -2.47. The van der Waals surface area contributed by atoms with E-state index < -0.39 is 16.9 Å². The maximum Gasteiger partial charge on any atom is 0.411 e. The number of carbonyl (C=O) groups excluding carboxylic acids is 8. The molecule has 83 heavy (non-hydrogen) atoms. The van der Waals surface area contributed by atoms with Gasteiger partial charge >= 0.3 is 23.8 Å². The molecule has 5 aromatic rings. The first kappa shape index (κ1) is 81.6. The van der Waals surface area contributed by atoms with Crippen molar-refractivity contribution in [1.82, 2.24) is 14.5 Å². The first-order valence-corrected chi connectivity index (χ1v) is 28.4. The zero-order chi connectivity index (χ0) is 62.3. The van der Waals surface area contributed by atoms with Gasteiger partial charge in [0.05, 0.1) is 37.1 Å². The molecule has 3 amide bonds. The molecule has 7 rings (SSSR count). The number of nitrogen functional groups attached to an aromatic ring is 1. The number of amides is 3. The van der Waals surface area contributed by atoms with Crippen LogP contribution >= 0.6 is 75.3 Å². The average Bonchev–Trinajstić information content (AvgIpc) is 3.51. The molecular weight excluding hydrogens is 1360 g/mol. The summed E-state index contributed by atoms with van der Waals surface area (Å²) in [5.41, 5.74) is 15.5. The summed E-state index contributed by atoms with van der Waals surface area (Å²) in [6.07, 6.45) is 2.18. The quantitative estimate of drug-likeness (QED) is 0.0493. The number of hydrogen-bond acceptors (Lipinski definition) is 17. The number of aliphatic hydroxyl groups excluding tert-OH is 2. The minimum absolute atomic E-state index is 0. The molecule has 0 saturated heterocycles. The number of ether oxygens (including phenoxy) is 3. The number of aromatic nitrogens is 2. The zero-order valence-corrected chi connectivity index (χ0v) is 54.0. The molecule has 0 fully saturated rings. The second-order valence-corrected chi connectivity index (χ2v) is 23.5. The second-order valence-electron chi connectivity index (χ2n) is 19.5. The lowest BCUT2D eigenvalue weighted by atomic mass is 9.91. The van der Waals surface area contributed by atoms with Crippen LogP contribution in [0.3, 0.4) is 0 Å². The van der Waals surface area contributed by atoms with Gasteiger partial charge in [0.2, 0.25) is 5.91 Å². The Kier molecular flexibility index (Phi) is 40.7. The summed E-state index contributed by atoms with van der Waals surface area (Å²) in [6.45, 7) is 22.1. The molecule has 4 aromatic carbocycles. The van der Waals surface area contributed by atoms with Gasteiger partial charge in [0.15, 0.2) is 0 Å². The number of halogens is 5. The molecule has 0 atom stereocenters. The Morgan fingerprint density at radius 1 is 0.771 bits per heavy atom. The lowest BCUT2D eigenvalue weighted by molar-refractivity contribution is -0.193. The van der Waals surface area contributed by atoms with E-state index >= 15 is 0 Å². The van der Waals surface area contributed by atoms with E-state index in [4.69, 9.17) is 56.8 Å². The number of carbonyl (C=O) groups is 4. The standard InChI is InChI=1S/C14H16BrNO3.C13H13BrN2O2.C11H14BrNO2.C8H10BrN.C5H13NO.C3H5ClO2.2CO2.2CH4/c1-14(2,8-17)7-16-12(18)6-9-5-10(15)3-4-11(9)13(16)19;1-13(2)6-16-11(17)9-4-3-8(14)5-10(9)15-12(16)18-7-13;1-3-8-5-6-9(12)7-10(8)13-11(14)15-4-2;1-2-6-3-4-7(9)5-8(6)10;1-5(2,3-6)4-7;1-2-6-3(4)5;2*2-1-3;;/h3-5,17H,6-8H2,1-2H3;3-5H,6-7H2,1-2H3;5-7H,3-4H2,1-2H3,(H,13,14);3-5H,2,10H2,1H3;7H,3-4,6H2,1-2H3;2H2,1H3;;;2*1H4. The van der Waals surface area contributed by atoms with Gasteiger partial charge in [0, 0.05) is 89.0 Å². The van der Waals surface area contributed by atoms with Crippen molar-refractivity contribution in [2.45, 2.75) is 110 Å². The summed E-state index contributed by atoms with van der Waals surface area (Å²) in [7, 11) is 0. The Labute approximate surface area is 525 Å². The molecule has 20 nitrogen and oxygen atoms in total. The normalized spacial score (nSPS) is 12.0. The van der Waals surface area contributed by atoms with Crippen LogP contribution < -0.4 is 27.1 Å². The number of nitrogens with two attached hydrogens (primary N) is 2. The van der Waals surface area contributed by atoms with E-state index in [-0.39, 0.29) is 81.5 Å². The number of nitrogens with one attached hydrogen (secondary N) is 1. The summed E-state index contributed by atoms with van der Waals surface area (Å²) in [5.74, 6) is -0.489. The van der Waals surface area contributed by atoms with Gasteiger partial charge in [-0.25, -0.2) is 9.59 Å². The third-order valence-electron chi connectivity index (χ3n) is 11.0. The maximum atomic E-state index is 12.4. The van der Waals surface area contributed by atoms with Crippen molar-refractivity contribution in [1.29, 1.82) is 0 Å². The number of rotatable bonds is 10. The fourth-order valence-electron chi connectivity index (χ4n) is 6.55. The highest BCUT2D eigenvalue weighted by Gasteiger charge is 2.35. The van der Waals surface area contributed by atoms with Crippen LogP contribution in [0, 0.1) is 16.2 Å². The van der Waals surface area contributed by atoms with E-state index in [9.17, 15) is 29.1 Å². The minimum Gasteiger partial charge on any atom is -0.464 e. The zero-order valence-electron chi connectivity index (χ0n) is 46.9. The van der Waals surface area contributed by atoms with Crippen LogP contribution in [0.4, 0.5) is 21.0 Å². The van der Waals surface area contributed by atoms with Gasteiger partial charge in [-0.1, -0.05) is 146 Å². The molecule has 7 N–H and O–H groups in total. The molecule has 0 spiro atoms. The van der Waals surface area contributed by atoms with E-state index in [1.54, 1.807) is 42.7 Å². The fraction of sp³-hybridized carbons (Fsp3) is 0.448. The van der Waals surface area contributed by atoms with Crippen molar-refractivity contribution in [3.05, 3.63) is 123 Å². The van der Waals surface area contributed by atoms with E-state index in [1.807, 2.05) is 83.1 Å². The smallest absolute Gasteiger partial charge is 0.411 e. The SMILES string of the molecule is C.C.CC(C)(CN)CO.CC(C)(CO)CN1C(=O)Cc2cc(Br)ccc2C1=O.CC1(C)COc2nc3cc(Br)ccc3c(=O)n2C1.CCOC(=O)Cl.CCOC(=O)Nc1cc(Br)ccc1CC.CCc1ccc(Br)cc1N.O=C=O.O=C=O. The summed E-state index contributed by atoms with van der Waals surface area (Å²) in [5, 5.41) is 21.1. The van der Waals surface area contributed by atoms with Crippen LogP contribution in [0.2, 0.25) is 0 Å². The molecule has 2 aliphatic rings. The molecule has 460 valence electrons. The van der Waals surface area contributed by atoms with Gasteiger partial charge < -0.3 is 35.9 Å². The van der Waals surface area contributed by atoms with Crippen LogP contribution in [-0.2, 0) is 59.3 Å². The molecule has 25 heteroatoms. The lowest BCUT2D eigenvalue weighted by Gasteiger charge is -2.33. The minimum atomic E-state index is -0.738. The fourth-order valence-corrected chi connectivity index (χ4v) is 8.15. The number of anilines is 2. The largest absolute Gasteiger partial charge is 0.464 e. The summed E-state index contributed by atoms with van der Waals surface area (Å²) >= 11 is 18.1. The van der Waals surface area contributed by atoms with Gasteiger partial charge in [0.1, 0.15) is 0 Å². The predicted octanol–water partition coefficient (Wildman–Crippen LogP) is 12.2. The summed E-state index contributed by atoms with van der Waals surface area (Å²) in [6, 6.07) is 23.0. The Bertz CT molecular complexity index is 2970. The monoisotopic (exact) mass is 1430 g/mol. The van der Waals surface area contributed by atoms with E-state index in [0.29, 0.717) is 55.4 Å². The molecule has 0 aliphatic carbocycles. The average molecular weight is 1440 g/mol. The van der Waals surface area contributed by atoms with Crippen LogP contribution in [0.5, 0.6) is 6.01 Å². The number of aryl methyl sites for hydroxylation is 2. The van der Waals surface area contributed by atoms with Crippen molar-refractivity contribution >= 4 is 133 Å². The second kappa shape index (κ2) is 41.4. The Hall–Kier alpha value is -5.65. The molecule has 0 unspecified atom stereocenters. The molecule has 0 saturated carbocycles. The highest BCUT2D eigenvalue weighted by Crippen LogP contribution is 2.29. The van der Waals surface area contributed by atoms with Crippen molar-refractivity contribution in [3.63, 3.8) is 0 Å². The number of hydrogen-bond donors (Lipinski definition) is 5. The first-order valence-electron chi connectivity index (χ1n) is 24.9. The van der Waals surface area contributed by atoms with Gasteiger partial charge in [-0.05, 0) is 111 Å². The molecule has 1 aromatic heterocycles. The Morgan fingerprint density at radius 2 is 1.27 bits per heavy atom. The highest BCUT2D eigenvalue weighted by molar-refractivity contribution is 9.11. The predicted molar refractivity (Wildman–Crippen MR) is 336 cm³/mol. The third-order valence-corrected chi connectivity index (χ3v) is 13.0. The van der Waals surface area contributed by atoms with Crippen LogP contribution in [0.15, 0.2) is 95.5 Å². The molecular formula is C58H79Br4ClN6O14. The van der Waals surface area contributed by atoms with Crippen LogP contribution in [-0.4, -0.2) is 106 Å². The van der Waals surface area contributed by atoms with Crippen molar-refractivity contribution in [2.75, 3.05) is 57.2 Å². The number of aliphatic hydroxyl groups is 2. The number of fused-ring (bicyclic) bond motifs is 3. The number of nitrogens with zero attached hydrogens (tertiary/aromatic N) is 3. The van der Waals surface area contributed by atoms with E-state index in [1.165, 1.54) is 10.5 Å². The van der Waals surface area contributed by atoms with Gasteiger partial charge in [-0.3, -0.25) is 29.2 Å². The van der Waals surface area contributed by atoms with Crippen molar-refractivity contribution in [2.24, 2.45) is 22.0 Å². The topological polar surface area (TPSA) is 307 Å². The molecule has 0 bridgehead atoms. The number of imide groups is 1. The van der Waals surface area contributed by atoms with Gasteiger partial charge in [0.25, 0.3) is 17.5 Å². The van der Waals surface area contributed by atoms with Gasteiger partial charge in [-0.15, -0.1) is 0 Å². The van der Waals surface area contributed by atoms with Crippen LogP contribution in [0.25, 0.3) is 10.9 Å². The molecule has 3 heterocycles. The first-order chi connectivity index (χ1) is 37.9. The van der Waals surface area contributed by atoms with E-state index in [0.717, 1.165) is 53.2 Å². The number of benzene rings is 4. The van der Waals surface area contributed by atoms with Crippen molar-refractivity contribution in [3.8, 4) is 6.01 Å². The summed E-state index contributed by atoms with van der Waals surface area (Å²) < 4.78 is 20.0. The molecule has 0 radical (unpaired) electrons. The highest BCUT2D eigenvalue weighted by atomic mass is 79.9. The third kappa shape index (κ3) is 30.6. The molecule has 2 aliphatic heterocycles. The Balaban J connectivity index is -0.000000937. The van der Waals surface area contributed by atoms with E-state index in [2.05, 4.69) is 99.5 Å². The van der Waals surface area contributed by atoms with Gasteiger partial charge in [-0.2, -0.15) is 24.2 Å². The van der Waals surface area contributed by atoms with Crippen molar-refractivity contribution < 1.29 is 62.8 Å². The maximum absolute atomic E-state index is 12.4.